The van der Waals surface area contributed by atoms with Gasteiger partial charge in [-0.1, -0.05) is 0 Å². The van der Waals surface area contributed by atoms with E-state index >= 15 is 0 Å². The molecule has 0 spiro atoms. The molecule has 0 saturated heterocycles. The first-order valence-corrected chi connectivity index (χ1v) is 6.53. The summed E-state index contributed by atoms with van der Waals surface area (Å²) in [5, 5.41) is 13.7. The lowest BCUT2D eigenvalue weighted by atomic mass is 10.1. The average molecular weight is 253 g/mol. The Bertz CT molecular complexity index is 441. The lowest BCUT2D eigenvalue weighted by Gasteiger charge is -2.11. The number of hydrogen-bond donors (Lipinski definition) is 2. The van der Waals surface area contributed by atoms with E-state index in [1.165, 1.54) is 11.3 Å². The maximum atomic E-state index is 11.9. The van der Waals surface area contributed by atoms with Gasteiger partial charge in [-0.2, -0.15) is 0 Å². The van der Waals surface area contributed by atoms with Crippen LogP contribution < -0.4 is 5.32 Å². The van der Waals surface area contributed by atoms with Gasteiger partial charge in [-0.3, -0.25) is 9.59 Å². The van der Waals surface area contributed by atoms with Crippen molar-refractivity contribution >= 4 is 23.2 Å². The molecule has 92 valence electrons. The van der Waals surface area contributed by atoms with Gasteiger partial charge in [0, 0.05) is 6.04 Å². The van der Waals surface area contributed by atoms with E-state index in [1.54, 1.807) is 0 Å². The summed E-state index contributed by atoms with van der Waals surface area (Å²) in [5.74, 6) is -1.13. The SMILES string of the molecule is Cc1ccsc1C(=O)N[C@@H]1CC[C@H](C(=O)O)C1. The van der Waals surface area contributed by atoms with Gasteiger partial charge in [-0.05, 0) is 43.2 Å². The predicted molar refractivity (Wildman–Crippen MR) is 65.3 cm³/mol. The van der Waals surface area contributed by atoms with E-state index in [2.05, 4.69) is 5.32 Å². The van der Waals surface area contributed by atoms with Crippen molar-refractivity contribution in [3.8, 4) is 0 Å². The van der Waals surface area contributed by atoms with Crippen LogP contribution in [0.3, 0.4) is 0 Å². The first kappa shape index (κ1) is 12.1. The van der Waals surface area contributed by atoms with Crippen LogP contribution in [0.25, 0.3) is 0 Å². The highest BCUT2D eigenvalue weighted by atomic mass is 32.1. The second kappa shape index (κ2) is 4.87. The van der Waals surface area contributed by atoms with Crippen LogP contribution in [0, 0.1) is 12.8 Å². The second-order valence-electron chi connectivity index (χ2n) is 4.45. The molecule has 1 aromatic heterocycles. The van der Waals surface area contributed by atoms with Gasteiger partial charge < -0.3 is 10.4 Å². The molecule has 0 aliphatic heterocycles. The van der Waals surface area contributed by atoms with Gasteiger partial charge in [-0.25, -0.2) is 0 Å². The Morgan fingerprint density at radius 2 is 2.24 bits per heavy atom. The van der Waals surface area contributed by atoms with Crippen LogP contribution in [0.5, 0.6) is 0 Å². The van der Waals surface area contributed by atoms with Crippen molar-refractivity contribution in [2.45, 2.75) is 32.2 Å². The normalized spacial score (nSPS) is 23.6. The summed E-state index contributed by atoms with van der Waals surface area (Å²) in [6, 6.07) is 1.92. The topological polar surface area (TPSA) is 66.4 Å². The molecule has 5 heteroatoms. The number of thiophene rings is 1. The van der Waals surface area contributed by atoms with Gasteiger partial charge in [0.15, 0.2) is 0 Å². The summed E-state index contributed by atoms with van der Waals surface area (Å²) in [5.41, 5.74) is 0.972. The number of carbonyl (C=O) groups is 2. The fraction of sp³-hybridized carbons (Fsp3) is 0.500. The Kier molecular flexibility index (Phi) is 3.47. The maximum Gasteiger partial charge on any atom is 0.306 e. The molecule has 4 nitrogen and oxygen atoms in total. The van der Waals surface area contributed by atoms with Crippen LogP contribution in [0.4, 0.5) is 0 Å². The number of amides is 1. The largest absolute Gasteiger partial charge is 0.481 e. The second-order valence-corrected chi connectivity index (χ2v) is 5.37. The molecule has 0 bridgehead atoms. The van der Waals surface area contributed by atoms with E-state index < -0.39 is 5.97 Å². The zero-order valence-electron chi connectivity index (χ0n) is 9.60. The van der Waals surface area contributed by atoms with Crippen molar-refractivity contribution in [1.82, 2.24) is 5.32 Å². The number of carbonyl (C=O) groups excluding carboxylic acids is 1. The Morgan fingerprint density at radius 3 is 2.76 bits per heavy atom. The Balaban J connectivity index is 1.93. The van der Waals surface area contributed by atoms with Gasteiger partial charge in [0.1, 0.15) is 0 Å². The molecule has 1 aromatic rings. The molecule has 0 radical (unpaired) electrons. The third kappa shape index (κ3) is 2.66. The van der Waals surface area contributed by atoms with Gasteiger partial charge >= 0.3 is 5.97 Å². The van der Waals surface area contributed by atoms with Crippen molar-refractivity contribution in [3.63, 3.8) is 0 Å². The molecule has 1 aliphatic carbocycles. The molecule has 2 N–H and O–H groups in total. The standard InChI is InChI=1S/C12H15NO3S/c1-7-4-5-17-10(7)11(14)13-9-3-2-8(6-9)12(15)16/h4-5,8-9H,2-3,6H2,1H3,(H,13,14)(H,15,16)/t8-,9+/m0/s1. The maximum absolute atomic E-state index is 11.9. The molecule has 0 unspecified atom stereocenters. The molecular weight excluding hydrogens is 238 g/mol. The number of carboxylic acid groups (broad SMARTS) is 1. The lowest BCUT2D eigenvalue weighted by Crippen LogP contribution is -2.33. The summed E-state index contributed by atoms with van der Waals surface area (Å²) in [7, 11) is 0. The fourth-order valence-corrected chi connectivity index (χ4v) is 3.02. The van der Waals surface area contributed by atoms with Gasteiger partial charge in [0.25, 0.3) is 5.91 Å². The van der Waals surface area contributed by atoms with Gasteiger partial charge in [0.2, 0.25) is 0 Å². The fourth-order valence-electron chi connectivity index (χ4n) is 2.19. The number of aryl methyl sites for hydroxylation is 1. The van der Waals surface area contributed by atoms with E-state index in [9.17, 15) is 9.59 Å². The molecule has 2 atom stereocenters. The monoisotopic (exact) mass is 253 g/mol. The Hall–Kier alpha value is -1.36. The minimum atomic E-state index is -0.756. The first-order valence-electron chi connectivity index (χ1n) is 5.65. The minimum Gasteiger partial charge on any atom is -0.481 e. The highest BCUT2D eigenvalue weighted by Gasteiger charge is 2.30. The number of aliphatic carboxylic acids is 1. The predicted octanol–water partition coefficient (Wildman–Crippen LogP) is 2.04. The number of carboxylic acids is 1. The van der Waals surface area contributed by atoms with Crippen molar-refractivity contribution in [1.29, 1.82) is 0 Å². The molecule has 0 aromatic carbocycles. The third-order valence-corrected chi connectivity index (χ3v) is 4.20. The quantitative estimate of drug-likeness (QED) is 0.866. The van der Waals surface area contributed by atoms with Crippen LogP contribution in [0.1, 0.15) is 34.5 Å². The molecular formula is C12H15NO3S. The third-order valence-electron chi connectivity index (χ3n) is 3.19. The number of rotatable bonds is 3. The summed E-state index contributed by atoms with van der Waals surface area (Å²) in [6.07, 6.45) is 1.96. The van der Waals surface area contributed by atoms with E-state index in [0.717, 1.165) is 16.9 Å². The van der Waals surface area contributed by atoms with E-state index in [4.69, 9.17) is 5.11 Å². The smallest absolute Gasteiger partial charge is 0.306 e. The van der Waals surface area contributed by atoms with Crippen LogP contribution in [-0.4, -0.2) is 23.0 Å². The average Bonchev–Trinajstić information content (AvgIpc) is 2.86. The minimum absolute atomic E-state index is 0.00472. The van der Waals surface area contributed by atoms with E-state index in [1.807, 2.05) is 18.4 Å². The molecule has 1 amide bonds. The molecule has 1 aliphatic rings. The van der Waals surface area contributed by atoms with E-state index in [0.29, 0.717) is 12.8 Å². The van der Waals surface area contributed by atoms with Crippen LogP contribution in [-0.2, 0) is 4.79 Å². The van der Waals surface area contributed by atoms with Crippen LogP contribution >= 0.6 is 11.3 Å². The zero-order chi connectivity index (χ0) is 12.4. The Morgan fingerprint density at radius 1 is 1.47 bits per heavy atom. The van der Waals surface area contributed by atoms with Crippen molar-refractivity contribution in [2.75, 3.05) is 0 Å². The van der Waals surface area contributed by atoms with Crippen LogP contribution in [0.2, 0.25) is 0 Å². The zero-order valence-corrected chi connectivity index (χ0v) is 10.4. The van der Waals surface area contributed by atoms with Crippen molar-refractivity contribution in [2.24, 2.45) is 5.92 Å². The summed E-state index contributed by atoms with van der Waals surface area (Å²) in [6.45, 7) is 1.90. The van der Waals surface area contributed by atoms with Gasteiger partial charge in [-0.15, -0.1) is 11.3 Å². The van der Waals surface area contributed by atoms with Crippen LogP contribution in [0.15, 0.2) is 11.4 Å². The number of nitrogens with one attached hydrogen (secondary N) is 1. The first-order chi connectivity index (χ1) is 8.08. The molecule has 1 heterocycles. The summed E-state index contributed by atoms with van der Waals surface area (Å²) < 4.78 is 0. The van der Waals surface area contributed by atoms with Crippen molar-refractivity contribution < 1.29 is 14.7 Å². The van der Waals surface area contributed by atoms with Gasteiger partial charge in [0.05, 0.1) is 10.8 Å². The summed E-state index contributed by atoms with van der Waals surface area (Å²) >= 11 is 1.42. The van der Waals surface area contributed by atoms with E-state index in [-0.39, 0.29) is 17.9 Å². The molecule has 1 fully saturated rings. The number of hydrogen-bond acceptors (Lipinski definition) is 3. The highest BCUT2D eigenvalue weighted by molar-refractivity contribution is 7.12. The van der Waals surface area contributed by atoms with Crippen molar-refractivity contribution in [3.05, 3.63) is 21.9 Å². The highest BCUT2D eigenvalue weighted by Crippen LogP contribution is 2.26. The molecule has 1 saturated carbocycles. The summed E-state index contributed by atoms with van der Waals surface area (Å²) in [4.78, 5) is 23.4. The molecule has 17 heavy (non-hydrogen) atoms. The lowest BCUT2D eigenvalue weighted by molar-refractivity contribution is -0.141. The Labute approximate surface area is 104 Å². The molecule has 2 rings (SSSR count).